The molecule has 5 nitrogen and oxygen atoms in total. The molecule has 1 atom stereocenters. The molecule has 0 saturated heterocycles. The lowest BCUT2D eigenvalue weighted by Gasteiger charge is -2.06. The third-order valence-electron chi connectivity index (χ3n) is 1.78. The summed E-state index contributed by atoms with van der Waals surface area (Å²) in [5, 5.41) is 12.9. The predicted molar refractivity (Wildman–Crippen MR) is 43.1 cm³/mol. The Kier molecular flexibility index (Phi) is 3.05. The second-order valence-electron chi connectivity index (χ2n) is 2.97. The first-order chi connectivity index (χ1) is 5.99. The van der Waals surface area contributed by atoms with Crippen molar-refractivity contribution in [2.75, 3.05) is 12.3 Å². The van der Waals surface area contributed by atoms with Gasteiger partial charge in [0.25, 0.3) is 0 Å². The SMILES string of the molecule is O=C([O-])CC[NH2+][C@@H]1C=CS(=O)(=O)C1. The number of hydrogen-bond donors (Lipinski definition) is 1. The van der Waals surface area contributed by atoms with Crippen molar-refractivity contribution in [2.45, 2.75) is 12.5 Å². The van der Waals surface area contributed by atoms with Crippen molar-refractivity contribution >= 4 is 15.8 Å². The van der Waals surface area contributed by atoms with Crippen LogP contribution in [0.5, 0.6) is 0 Å². The van der Waals surface area contributed by atoms with Crippen molar-refractivity contribution in [3.05, 3.63) is 11.5 Å². The molecule has 1 aliphatic heterocycles. The van der Waals surface area contributed by atoms with Crippen LogP contribution in [-0.4, -0.2) is 32.7 Å². The summed E-state index contributed by atoms with van der Waals surface area (Å²) in [4.78, 5) is 10.0. The minimum absolute atomic E-state index is 0.0512. The smallest absolute Gasteiger partial charge is 0.177 e. The molecule has 1 rings (SSSR count). The van der Waals surface area contributed by atoms with Gasteiger partial charge in [0.1, 0.15) is 11.8 Å². The van der Waals surface area contributed by atoms with Gasteiger partial charge in [0.15, 0.2) is 9.84 Å². The fourth-order valence-corrected chi connectivity index (χ4v) is 2.50. The second-order valence-corrected chi connectivity index (χ2v) is 4.90. The van der Waals surface area contributed by atoms with E-state index in [0.29, 0.717) is 6.54 Å². The minimum Gasteiger partial charge on any atom is -0.550 e. The number of rotatable bonds is 4. The molecule has 2 N–H and O–H groups in total. The molecule has 0 aliphatic carbocycles. The van der Waals surface area contributed by atoms with Gasteiger partial charge < -0.3 is 15.2 Å². The molecule has 1 aliphatic rings. The van der Waals surface area contributed by atoms with Crippen molar-refractivity contribution < 1.29 is 23.6 Å². The molecule has 13 heavy (non-hydrogen) atoms. The van der Waals surface area contributed by atoms with E-state index in [0.717, 1.165) is 0 Å². The van der Waals surface area contributed by atoms with Gasteiger partial charge in [-0.3, -0.25) is 0 Å². The lowest BCUT2D eigenvalue weighted by atomic mass is 10.3. The average Bonchev–Trinajstić information content (AvgIpc) is 2.29. The fourth-order valence-electron chi connectivity index (χ4n) is 1.16. The Bertz CT molecular complexity index is 319. The maximum atomic E-state index is 10.9. The Morgan fingerprint density at radius 1 is 1.62 bits per heavy atom. The molecule has 6 heteroatoms. The molecular weight excluding hydrogens is 194 g/mol. The average molecular weight is 205 g/mol. The van der Waals surface area contributed by atoms with Crippen molar-refractivity contribution in [1.29, 1.82) is 0 Å². The zero-order valence-corrected chi connectivity index (χ0v) is 7.79. The van der Waals surface area contributed by atoms with Gasteiger partial charge in [-0.2, -0.15) is 0 Å². The predicted octanol–water partition coefficient (Wildman–Crippen LogP) is -3.00. The fraction of sp³-hybridized carbons (Fsp3) is 0.571. The summed E-state index contributed by atoms with van der Waals surface area (Å²) in [5.74, 6) is -1.04. The summed E-state index contributed by atoms with van der Waals surface area (Å²) in [6.07, 6.45) is 1.52. The maximum absolute atomic E-state index is 10.9. The van der Waals surface area contributed by atoms with E-state index in [-0.39, 0.29) is 18.2 Å². The van der Waals surface area contributed by atoms with Crippen LogP contribution < -0.4 is 10.4 Å². The van der Waals surface area contributed by atoms with Crippen LogP contribution in [0.15, 0.2) is 11.5 Å². The van der Waals surface area contributed by atoms with Crippen LogP contribution in [0.2, 0.25) is 0 Å². The van der Waals surface area contributed by atoms with Crippen LogP contribution in [0.3, 0.4) is 0 Å². The van der Waals surface area contributed by atoms with Crippen LogP contribution in [0.4, 0.5) is 0 Å². The summed E-state index contributed by atoms with van der Waals surface area (Å²) < 4.78 is 21.8. The quantitative estimate of drug-likeness (QED) is 0.529. The van der Waals surface area contributed by atoms with E-state index in [1.165, 1.54) is 5.41 Å². The number of sulfone groups is 1. The van der Waals surface area contributed by atoms with Crippen LogP contribution in [0, 0.1) is 0 Å². The summed E-state index contributed by atoms with van der Waals surface area (Å²) in [6, 6.07) is -0.135. The van der Waals surface area contributed by atoms with Crippen molar-refractivity contribution in [3.63, 3.8) is 0 Å². The molecule has 1 heterocycles. The van der Waals surface area contributed by atoms with Gasteiger partial charge in [0.05, 0.1) is 6.54 Å². The first kappa shape index (κ1) is 10.2. The van der Waals surface area contributed by atoms with E-state index < -0.39 is 15.8 Å². The van der Waals surface area contributed by atoms with Crippen LogP contribution in [0.1, 0.15) is 6.42 Å². The molecule has 0 aromatic rings. The van der Waals surface area contributed by atoms with Gasteiger partial charge >= 0.3 is 0 Å². The van der Waals surface area contributed by atoms with Gasteiger partial charge in [-0.1, -0.05) is 0 Å². The van der Waals surface area contributed by atoms with Gasteiger partial charge in [0.2, 0.25) is 0 Å². The summed E-state index contributed by atoms with van der Waals surface area (Å²) in [5.41, 5.74) is 0. The molecule has 0 aromatic carbocycles. The summed E-state index contributed by atoms with van der Waals surface area (Å²) in [6.45, 7) is 0.354. The zero-order valence-electron chi connectivity index (χ0n) is 6.97. The third-order valence-corrected chi connectivity index (χ3v) is 3.20. The number of quaternary nitrogens is 1. The Morgan fingerprint density at radius 3 is 2.77 bits per heavy atom. The third kappa shape index (κ3) is 3.56. The summed E-state index contributed by atoms with van der Waals surface area (Å²) in [7, 11) is -3.02. The van der Waals surface area contributed by atoms with Crippen LogP contribution >= 0.6 is 0 Å². The highest BCUT2D eigenvalue weighted by molar-refractivity contribution is 7.94. The van der Waals surface area contributed by atoms with E-state index in [4.69, 9.17) is 0 Å². The molecule has 0 amide bonds. The minimum atomic E-state index is -3.02. The van der Waals surface area contributed by atoms with Crippen LogP contribution in [-0.2, 0) is 14.6 Å². The number of aliphatic carboxylic acids is 1. The molecule has 0 spiro atoms. The Labute approximate surface area is 76.4 Å². The number of hydrogen-bond acceptors (Lipinski definition) is 4. The van der Waals surface area contributed by atoms with Crippen molar-refractivity contribution in [3.8, 4) is 0 Å². The molecule has 0 bridgehead atoms. The Hall–Kier alpha value is -0.880. The molecular formula is C7H11NO4S. The lowest BCUT2D eigenvalue weighted by Crippen LogP contribution is -2.90. The highest BCUT2D eigenvalue weighted by Crippen LogP contribution is 2.03. The van der Waals surface area contributed by atoms with Crippen molar-refractivity contribution in [2.24, 2.45) is 0 Å². The van der Waals surface area contributed by atoms with E-state index in [2.05, 4.69) is 0 Å². The van der Waals surface area contributed by atoms with Gasteiger partial charge in [0, 0.05) is 17.8 Å². The molecule has 0 aromatic heterocycles. The monoisotopic (exact) mass is 205 g/mol. The number of carbonyl (C=O) groups is 1. The first-order valence-corrected chi connectivity index (χ1v) is 5.65. The van der Waals surface area contributed by atoms with Gasteiger partial charge in [-0.05, 0) is 6.08 Å². The van der Waals surface area contributed by atoms with Gasteiger partial charge in [-0.15, -0.1) is 0 Å². The maximum Gasteiger partial charge on any atom is 0.177 e. The standard InChI is InChI=1S/C7H11NO4S/c9-7(10)1-3-8-6-2-4-13(11,12)5-6/h2,4,6,8H,1,3,5H2,(H,9,10)/t6-/m1/s1. The summed E-state index contributed by atoms with van der Waals surface area (Å²) >= 11 is 0. The number of nitrogens with two attached hydrogens (primary N) is 1. The molecule has 0 saturated carbocycles. The van der Waals surface area contributed by atoms with E-state index in [9.17, 15) is 18.3 Å². The normalized spacial score (nSPS) is 24.8. The Morgan fingerprint density at radius 2 is 2.31 bits per heavy atom. The van der Waals surface area contributed by atoms with E-state index in [1.54, 1.807) is 11.4 Å². The highest BCUT2D eigenvalue weighted by atomic mass is 32.2. The second kappa shape index (κ2) is 3.89. The molecule has 0 unspecified atom stereocenters. The van der Waals surface area contributed by atoms with Crippen LogP contribution in [0.25, 0.3) is 0 Å². The van der Waals surface area contributed by atoms with E-state index >= 15 is 0 Å². The topological polar surface area (TPSA) is 90.9 Å². The number of carbonyl (C=O) groups excluding carboxylic acids is 1. The molecule has 0 fully saturated rings. The van der Waals surface area contributed by atoms with Crippen molar-refractivity contribution in [1.82, 2.24) is 0 Å². The number of carboxylic acids is 1. The molecule has 74 valence electrons. The van der Waals surface area contributed by atoms with E-state index in [1.807, 2.05) is 0 Å². The Balaban J connectivity index is 2.27. The lowest BCUT2D eigenvalue weighted by molar-refractivity contribution is -0.674. The largest absolute Gasteiger partial charge is 0.550 e. The highest BCUT2D eigenvalue weighted by Gasteiger charge is 2.23. The number of carboxylic acid groups (broad SMARTS) is 1. The zero-order chi connectivity index (χ0) is 9.90. The molecule has 0 radical (unpaired) electrons. The van der Waals surface area contributed by atoms with Gasteiger partial charge in [-0.25, -0.2) is 8.42 Å². The first-order valence-electron chi connectivity index (χ1n) is 3.94.